The molecule has 3 atom stereocenters. The molecule has 1 aromatic carbocycles. The minimum Gasteiger partial charge on any atom is -0.481 e. The minimum atomic E-state index is -0.862. The van der Waals surface area contributed by atoms with E-state index >= 15 is 0 Å². The Morgan fingerprint density at radius 1 is 1.23 bits per heavy atom. The first-order valence-electron chi connectivity index (χ1n) is 8.55. The first-order chi connectivity index (χ1) is 12.3. The molecule has 0 aromatic heterocycles. The number of halogens is 2. The molecule has 0 bridgehead atoms. The number of hydrogen-bond donors (Lipinski definition) is 1. The molecule has 0 radical (unpaired) electrons. The van der Waals surface area contributed by atoms with Crippen molar-refractivity contribution in [1.29, 1.82) is 0 Å². The topological polar surface area (TPSA) is 77.9 Å². The summed E-state index contributed by atoms with van der Waals surface area (Å²) in [5.41, 5.74) is -0.0374. The van der Waals surface area contributed by atoms with Crippen molar-refractivity contribution < 1.29 is 28.3 Å². The van der Waals surface area contributed by atoms with Gasteiger partial charge < -0.3 is 14.9 Å². The van der Waals surface area contributed by atoms with E-state index in [0.717, 1.165) is 6.07 Å². The van der Waals surface area contributed by atoms with Gasteiger partial charge in [0.05, 0.1) is 17.5 Å². The molecule has 2 heterocycles. The van der Waals surface area contributed by atoms with Crippen molar-refractivity contribution in [2.24, 2.45) is 17.8 Å². The third-order valence-electron chi connectivity index (χ3n) is 5.21. The van der Waals surface area contributed by atoms with Crippen LogP contribution >= 0.6 is 0 Å². The second-order valence-electron chi connectivity index (χ2n) is 7.00. The number of likely N-dealkylation sites (tertiary alicyclic amines) is 1. The molecule has 1 aromatic rings. The van der Waals surface area contributed by atoms with Gasteiger partial charge in [-0.15, -0.1) is 0 Å². The number of anilines is 1. The van der Waals surface area contributed by atoms with Gasteiger partial charge in [0.15, 0.2) is 0 Å². The van der Waals surface area contributed by atoms with Crippen molar-refractivity contribution in [2.45, 2.75) is 19.8 Å². The van der Waals surface area contributed by atoms with Crippen molar-refractivity contribution >= 4 is 23.5 Å². The van der Waals surface area contributed by atoms with Gasteiger partial charge in [-0.2, -0.15) is 0 Å². The summed E-state index contributed by atoms with van der Waals surface area (Å²) in [5.74, 6) is -4.31. The van der Waals surface area contributed by atoms with Gasteiger partial charge in [-0.1, -0.05) is 6.92 Å². The Morgan fingerprint density at radius 3 is 2.58 bits per heavy atom. The molecule has 1 N–H and O–H groups in total. The van der Waals surface area contributed by atoms with Crippen LogP contribution in [0.5, 0.6) is 0 Å². The SMILES string of the molecule is CC1CN(C(=O)C2CC(=O)N(c3ccc(F)cc3F)C2)CCC1C(=O)O. The number of nitrogens with zero attached hydrogens (tertiary/aromatic N) is 2. The molecule has 6 nitrogen and oxygen atoms in total. The van der Waals surface area contributed by atoms with E-state index in [4.69, 9.17) is 5.11 Å². The Kier molecular flexibility index (Phi) is 4.93. The van der Waals surface area contributed by atoms with Gasteiger partial charge in [0, 0.05) is 32.1 Å². The fraction of sp³-hybridized carbons (Fsp3) is 0.500. The average Bonchev–Trinajstić information content (AvgIpc) is 2.95. The number of benzene rings is 1. The van der Waals surface area contributed by atoms with E-state index < -0.39 is 29.4 Å². The zero-order valence-corrected chi connectivity index (χ0v) is 14.3. The van der Waals surface area contributed by atoms with E-state index in [1.54, 1.807) is 11.8 Å². The lowest BCUT2D eigenvalue weighted by Crippen LogP contribution is -2.47. The number of carboxylic acids is 1. The molecular formula is C18H20F2N2O4. The van der Waals surface area contributed by atoms with Gasteiger partial charge in [-0.05, 0) is 24.5 Å². The zero-order valence-electron chi connectivity index (χ0n) is 14.3. The van der Waals surface area contributed by atoms with Gasteiger partial charge in [-0.25, -0.2) is 8.78 Å². The van der Waals surface area contributed by atoms with Crippen LogP contribution < -0.4 is 4.90 Å². The van der Waals surface area contributed by atoms with Crippen LogP contribution in [0, 0.1) is 29.4 Å². The van der Waals surface area contributed by atoms with Crippen LogP contribution in [0.15, 0.2) is 18.2 Å². The largest absolute Gasteiger partial charge is 0.481 e. The van der Waals surface area contributed by atoms with Gasteiger partial charge in [0.1, 0.15) is 11.6 Å². The molecule has 2 fully saturated rings. The molecule has 26 heavy (non-hydrogen) atoms. The number of carbonyl (C=O) groups excluding carboxylic acids is 2. The number of aliphatic carboxylic acids is 1. The number of amides is 2. The van der Waals surface area contributed by atoms with Crippen LogP contribution in [0.2, 0.25) is 0 Å². The third kappa shape index (κ3) is 3.40. The smallest absolute Gasteiger partial charge is 0.306 e. The molecule has 2 amide bonds. The molecule has 2 aliphatic heterocycles. The Balaban J connectivity index is 1.69. The second-order valence-corrected chi connectivity index (χ2v) is 7.00. The van der Waals surface area contributed by atoms with Gasteiger partial charge in [0.25, 0.3) is 0 Å². The fourth-order valence-electron chi connectivity index (χ4n) is 3.78. The van der Waals surface area contributed by atoms with Crippen LogP contribution in [-0.2, 0) is 14.4 Å². The Morgan fingerprint density at radius 2 is 1.96 bits per heavy atom. The predicted molar refractivity (Wildman–Crippen MR) is 88.3 cm³/mol. The molecule has 0 aliphatic carbocycles. The fourth-order valence-corrected chi connectivity index (χ4v) is 3.78. The molecule has 2 saturated heterocycles. The molecule has 2 aliphatic rings. The van der Waals surface area contributed by atoms with E-state index in [-0.39, 0.29) is 36.4 Å². The van der Waals surface area contributed by atoms with Crippen molar-refractivity contribution in [2.75, 3.05) is 24.5 Å². The zero-order chi connectivity index (χ0) is 19.0. The highest BCUT2D eigenvalue weighted by Crippen LogP contribution is 2.31. The lowest BCUT2D eigenvalue weighted by molar-refractivity contribution is -0.149. The molecule has 0 spiro atoms. The average molecular weight is 366 g/mol. The van der Waals surface area contributed by atoms with Crippen LogP contribution in [0.3, 0.4) is 0 Å². The molecule has 8 heteroatoms. The highest BCUT2D eigenvalue weighted by molar-refractivity contribution is 6.00. The number of carboxylic acid groups (broad SMARTS) is 1. The summed E-state index contributed by atoms with van der Waals surface area (Å²) >= 11 is 0. The van der Waals surface area contributed by atoms with Crippen molar-refractivity contribution in [1.82, 2.24) is 4.90 Å². The second kappa shape index (κ2) is 7.01. The highest BCUT2D eigenvalue weighted by atomic mass is 19.1. The first kappa shape index (κ1) is 18.3. The highest BCUT2D eigenvalue weighted by Gasteiger charge is 2.40. The van der Waals surface area contributed by atoms with E-state index in [9.17, 15) is 23.2 Å². The van der Waals surface area contributed by atoms with Crippen molar-refractivity contribution in [3.05, 3.63) is 29.8 Å². The van der Waals surface area contributed by atoms with Crippen LogP contribution in [0.4, 0.5) is 14.5 Å². The lowest BCUT2D eigenvalue weighted by atomic mass is 9.86. The third-order valence-corrected chi connectivity index (χ3v) is 5.21. The maximum Gasteiger partial charge on any atom is 0.306 e. The molecule has 0 saturated carbocycles. The maximum atomic E-state index is 13.9. The van der Waals surface area contributed by atoms with Crippen molar-refractivity contribution in [3.8, 4) is 0 Å². The summed E-state index contributed by atoms with van der Waals surface area (Å²) in [5, 5.41) is 9.17. The lowest BCUT2D eigenvalue weighted by Gasteiger charge is -2.36. The van der Waals surface area contributed by atoms with Gasteiger partial charge >= 0.3 is 5.97 Å². The van der Waals surface area contributed by atoms with E-state index in [1.807, 2.05) is 0 Å². The first-order valence-corrected chi connectivity index (χ1v) is 8.55. The molecule has 140 valence electrons. The summed E-state index contributed by atoms with van der Waals surface area (Å²) in [7, 11) is 0. The molecule has 3 unspecified atom stereocenters. The number of rotatable bonds is 3. The van der Waals surface area contributed by atoms with Crippen molar-refractivity contribution in [3.63, 3.8) is 0 Å². The van der Waals surface area contributed by atoms with E-state index in [0.29, 0.717) is 25.6 Å². The normalized spacial score (nSPS) is 26.3. The van der Waals surface area contributed by atoms with E-state index in [1.165, 1.54) is 11.0 Å². The monoisotopic (exact) mass is 366 g/mol. The standard InChI is InChI=1S/C18H20F2N2O4/c1-10-8-21(5-4-13(10)18(25)26)17(24)11-6-16(23)22(9-11)15-3-2-12(19)7-14(15)20/h2-3,7,10-11,13H,4-6,8-9H2,1H3,(H,25,26). The summed E-state index contributed by atoms with van der Waals surface area (Å²) in [6.07, 6.45) is 0.335. The number of piperidine rings is 1. The van der Waals surface area contributed by atoms with Crippen LogP contribution in [-0.4, -0.2) is 47.4 Å². The maximum absolute atomic E-state index is 13.9. The minimum absolute atomic E-state index is 0.0352. The quantitative estimate of drug-likeness (QED) is 0.886. The predicted octanol–water partition coefficient (Wildman–Crippen LogP) is 1.89. The summed E-state index contributed by atoms with van der Waals surface area (Å²) < 4.78 is 27.0. The summed E-state index contributed by atoms with van der Waals surface area (Å²) in [4.78, 5) is 38.9. The van der Waals surface area contributed by atoms with Gasteiger partial charge in [0.2, 0.25) is 11.8 Å². The molecule has 3 rings (SSSR count). The van der Waals surface area contributed by atoms with Gasteiger partial charge in [-0.3, -0.25) is 14.4 Å². The molecular weight excluding hydrogens is 346 g/mol. The Labute approximate surface area is 149 Å². The number of hydrogen-bond acceptors (Lipinski definition) is 3. The van der Waals surface area contributed by atoms with Crippen LogP contribution in [0.1, 0.15) is 19.8 Å². The number of carbonyl (C=O) groups is 3. The summed E-state index contributed by atoms with van der Waals surface area (Å²) in [6, 6.07) is 2.96. The van der Waals surface area contributed by atoms with E-state index in [2.05, 4.69) is 0 Å². The van der Waals surface area contributed by atoms with Crippen LogP contribution in [0.25, 0.3) is 0 Å². The Hall–Kier alpha value is -2.51. The summed E-state index contributed by atoms with van der Waals surface area (Å²) in [6.45, 7) is 2.48. The Bertz CT molecular complexity index is 755.